The van der Waals surface area contributed by atoms with Crippen LogP contribution in [0.2, 0.25) is 0 Å². The number of hydrogen-bond donors (Lipinski definition) is 0. The minimum absolute atomic E-state index is 0.709. The summed E-state index contributed by atoms with van der Waals surface area (Å²) in [6.45, 7) is 0. The number of hydrogen-bond acceptors (Lipinski definition) is 1. The zero-order chi connectivity index (χ0) is 22.1. The summed E-state index contributed by atoms with van der Waals surface area (Å²) in [5.41, 5.74) is 2.68. The van der Waals surface area contributed by atoms with Gasteiger partial charge in [0.15, 0.2) is 0 Å². The second-order valence-electron chi connectivity index (χ2n) is 6.23. The van der Waals surface area contributed by atoms with Crippen molar-refractivity contribution < 1.29 is 0 Å². The van der Waals surface area contributed by atoms with Crippen LogP contribution in [0, 0.1) is 0 Å². The first-order valence-corrected chi connectivity index (χ1v) is 22.0. The average molecular weight is 610 g/mol. The summed E-state index contributed by atoms with van der Waals surface area (Å²) in [7, 11) is -1.58. The van der Waals surface area contributed by atoms with E-state index >= 15 is 0 Å². The second-order valence-corrected chi connectivity index (χ2v) is 27.0. The Morgan fingerprint density at radius 1 is 0.500 bits per heavy atom. The van der Waals surface area contributed by atoms with Crippen molar-refractivity contribution in [3.05, 3.63) is 72.8 Å². The van der Waals surface area contributed by atoms with Crippen molar-refractivity contribution in [3.63, 3.8) is 0 Å². The first-order chi connectivity index (χ1) is 14.0. The Morgan fingerprint density at radius 2 is 0.800 bits per heavy atom. The molecule has 30 heavy (non-hydrogen) atoms. The lowest BCUT2D eigenvalue weighted by atomic mass is 10.2. The lowest BCUT2D eigenvalue weighted by molar-refractivity contribution is 1.29. The summed E-state index contributed by atoms with van der Waals surface area (Å²) in [4.78, 5) is 2.05. The standard InChI is InChI=1S/C18H12Cl8NSi3/c19-28(20)16-7-1-13(2-8-16)27(14-3-9-17(10-4-14)29(21,22)23)15-5-11-18(12-6-15)30(24,25)26/h1-12H. The maximum atomic E-state index is 6.13. The Hall–Kier alpha value is 0.431. The fourth-order valence-corrected chi connectivity index (χ4v) is 7.31. The minimum atomic E-state index is -2.97. The van der Waals surface area contributed by atoms with Gasteiger partial charge < -0.3 is 4.90 Å². The molecule has 0 N–H and O–H groups in total. The molecule has 0 amide bonds. The molecule has 12 heteroatoms. The molecule has 0 heterocycles. The van der Waals surface area contributed by atoms with E-state index in [-0.39, 0.29) is 0 Å². The van der Waals surface area contributed by atoms with Gasteiger partial charge in [-0.25, -0.2) is 0 Å². The van der Waals surface area contributed by atoms with Crippen molar-refractivity contribution in [2.45, 2.75) is 0 Å². The predicted octanol–water partition coefficient (Wildman–Crippen LogP) is 7.05. The van der Waals surface area contributed by atoms with Gasteiger partial charge in [-0.1, -0.05) is 36.4 Å². The molecule has 1 radical (unpaired) electrons. The van der Waals surface area contributed by atoms with Crippen LogP contribution in [0.3, 0.4) is 0 Å². The Balaban J connectivity index is 2.07. The van der Waals surface area contributed by atoms with Crippen molar-refractivity contribution in [1.29, 1.82) is 0 Å². The van der Waals surface area contributed by atoms with Crippen LogP contribution < -0.4 is 20.5 Å². The summed E-state index contributed by atoms with van der Waals surface area (Å²) in [6.07, 6.45) is 0. The lowest BCUT2D eigenvalue weighted by Crippen LogP contribution is -2.30. The fourth-order valence-electron chi connectivity index (χ4n) is 2.78. The second kappa shape index (κ2) is 10.1. The van der Waals surface area contributed by atoms with Crippen molar-refractivity contribution in [1.82, 2.24) is 0 Å². The highest BCUT2D eigenvalue weighted by atomic mass is 35.8. The summed E-state index contributed by atoms with van der Waals surface area (Å²) in [5.74, 6) is 0. The van der Waals surface area contributed by atoms with E-state index in [0.717, 1.165) is 22.2 Å². The van der Waals surface area contributed by atoms with Gasteiger partial charge in [-0.3, -0.25) is 0 Å². The van der Waals surface area contributed by atoms with Crippen LogP contribution in [-0.4, -0.2) is 19.4 Å². The molecule has 0 aliphatic carbocycles. The highest BCUT2D eigenvalue weighted by Gasteiger charge is 2.29. The van der Waals surface area contributed by atoms with E-state index in [1.807, 2.05) is 77.7 Å². The molecule has 0 spiro atoms. The molecule has 0 aromatic heterocycles. The van der Waals surface area contributed by atoms with E-state index < -0.39 is 19.4 Å². The smallest absolute Gasteiger partial charge is 0.311 e. The molecule has 1 nitrogen and oxygen atoms in total. The van der Waals surface area contributed by atoms with E-state index in [9.17, 15) is 0 Å². The molecule has 0 atom stereocenters. The van der Waals surface area contributed by atoms with Crippen LogP contribution in [0.5, 0.6) is 0 Å². The van der Waals surface area contributed by atoms with E-state index in [1.165, 1.54) is 0 Å². The molecule has 3 aromatic carbocycles. The van der Waals surface area contributed by atoms with Crippen LogP contribution in [0.1, 0.15) is 0 Å². The molecule has 0 unspecified atom stereocenters. The molecule has 0 saturated carbocycles. The number of anilines is 3. The van der Waals surface area contributed by atoms with Gasteiger partial charge in [-0.2, -0.15) is 0 Å². The van der Waals surface area contributed by atoms with Gasteiger partial charge in [0.1, 0.15) is 0 Å². The molecule has 157 valence electrons. The third-order valence-corrected chi connectivity index (χ3v) is 12.2. The normalized spacial score (nSPS) is 12.3. The topological polar surface area (TPSA) is 3.24 Å². The van der Waals surface area contributed by atoms with Crippen molar-refractivity contribution in [3.8, 4) is 0 Å². The Bertz CT molecular complexity index is 927. The van der Waals surface area contributed by atoms with Gasteiger partial charge in [0.2, 0.25) is 0 Å². The molecule has 0 aliphatic rings. The van der Waals surface area contributed by atoms with Gasteiger partial charge in [0.25, 0.3) is 0 Å². The maximum Gasteiger partial charge on any atom is 0.372 e. The molecule has 0 aliphatic heterocycles. The van der Waals surface area contributed by atoms with Crippen molar-refractivity contribution >= 4 is 141 Å². The average Bonchev–Trinajstić information content (AvgIpc) is 2.68. The Kier molecular flexibility index (Phi) is 8.47. The molecular formula is C18H12Cl8NSi3. The molecule has 3 rings (SSSR count). The quantitative estimate of drug-likeness (QED) is 0.214. The highest BCUT2D eigenvalue weighted by Crippen LogP contribution is 2.34. The molecule has 3 aromatic rings. The van der Waals surface area contributed by atoms with Gasteiger partial charge in [0, 0.05) is 17.1 Å². The molecular weight excluding hydrogens is 598 g/mol. The lowest BCUT2D eigenvalue weighted by Gasteiger charge is -2.26. The minimum Gasteiger partial charge on any atom is -0.311 e. The van der Waals surface area contributed by atoms with Gasteiger partial charge in [-0.15, -0.1) is 88.6 Å². The predicted molar refractivity (Wildman–Crippen MR) is 144 cm³/mol. The summed E-state index contributed by atoms with van der Waals surface area (Å²) < 4.78 is 0. The van der Waals surface area contributed by atoms with E-state index in [4.69, 9.17) is 88.6 Å². The Morgan fingerprint density at radius 3 is 1.07 bits per heavy atom. The first-order valence-electron chi connectivity index (χ1n) is 8.40. The summed E-state index contributed by atoms with van der Waals surface area (Å²) in [6, 6.07) is 16.8. The van der Waals surface area contributed by atoms with Crippen molar-refractivity contribution in [2.24, 2.45) is 0 Å². The third-order valence-electron chi connectivity index (χ3n) is 4.25. The fraction of sp³-hybridized carbons (Fsp3) is 0. The molecule has 0 saturated heterocycles. The van der Waals surface area contributed by atoms with E-state index in [2.05, 4.69) is 0 Å². The third kappa shape index (κ3) is 6.27. The largest absolute Gasteiger partial charge is 0.372 e. The van der Waals surface area contributed by atoms with Gasteiger partial charge in [0.05, 0.1) is 0 Å². The summed E-state index contributed by atoms with van der Waals surface area (Å²) in [5, 5.41) is 2.32. The zero-order valence-corrected chi connectivity index (χ0v) is 23.9. The van der Waals surface area contributed by atoms with Crippen LogP contribution in [0.4, 0.5) is 17.1 Å². The number of benzene rings is 3. The van der Waals surface area contributed by atoms with Crippen LogP contribution >= 0.6 is 88.6 Å². The van der Waals surface area contributed by atoms with E-state index in [0.29, 0.717) is 10.4 Å². The zero-order valence-electron chi connectivity index (χ0n) is 14.9. The van der Waals surface area contributed by atoms with Crippen LogP contribution in [0.25, 0.3) is 0 Å². The molecule has 0 bridgehead atoms. The highest BCUT2D eigenvalue weighted by molar-refractivity contribution is 7.70. The van der Waals surface area contributed by atoms with E-state index in [1.54, 1.807) is 0 Å². The number of nitrogens with zero attached hydrogens (tertiary/aromatic N) is 1. The Labute approximate surface area is 216 Å². The monoisotopic (exact) mass is 606 g/mol. The molecule has 0 fully saturated rings. The number of rotatable bonds is 6. The number of halogens is 8. The van der Waals surface area contributed by atoms with Crippen molar-refractivity contribution in [2.75, 3.05) is 4.90 Å². The van der Waals surface area contributed by atoms with Gasteiger partial charge >= 0.3 is 19.4 Å². The SMILES string of the molecule is Cl[Si](Cl)c1ccc(N(c2ccc([Si](Cl)(Cl)Cl)cc2)c2ccc([Si](Cl)(Cl)Cl)cc2)cc1. The maximum absolute atomic E-state index is 6.13. The van der Waals surface area contributed by atoms with Crippen LogP contribution in [0.15, 0.2) is 72.8 Å². The summed E-state index contributed by atoms with van der Waals surface area (Å²) >= 11 is 48.9. The van der Waals surface area contributed by atoms with Crippen LogP contribution in [-0.2, 0) is 0 Å². The first kappa shape index (κ1) is 25.1. The van der Waals surface area contributed by atoms with Gasteiger partial charge in [-0.05, 0) is 52.0 Å².